The number of hydrogen-bond acceptors (Lipinski definition) is 5. The van der Waals surface area contributed by atoms with Crippen molar-refractivity contribution in [3.8, 4) is 0 Å². The Morgan fingerprint density at radius 1 is 1.55 bits per heavy atom. The zero-order valence-electron chi connectivity index (χ0n) is 10.4. The van der Waals surface area contributed by atoms with E-state index < -0.39 is 22.0 Å². The summed E-state index contributed by atoms with van der Waals surface area (Å²) >= 11 is 0. The van der Waals surface area contributed by atoms with E-state index in [0.29, 0.717) is 5.76 Å². The summed E-state index contributed by atoms with van der Waals surface area (Å²) < 4.78 is 6.64. The second-order valence-corrected chi connectivity index (χ2v) is 4.11. The van der Waals surface area contributed by atoms with Gasteiger partial charge in [-0.2, -0.15) is 0 Å². The van der Waals surface area contributed by atoms with Gasteiger partial charge < -0.3 is 14.1 Å². The standard InChI is InChI=1S/C12H10N2O6/c1-7-9(12(16)17)4-8(20-7)5-13-3-2-11(15)10(6-13)14(18)19/h2-4,6H,5H2,1H3,(H,16,17). The van der Waals surface area contributed by atoms with E-state index in [0.717, 1.165) is 12.3 Å². The lowest BCUT2D eigenvalue weighted by molar-refractivity contribution is -0.386. The minimum atomic E-state index is -1.11. The van der Waals surface area contributed by atoms with Crippen molar-refractivity contribution in [2.24, 2.45) is 0 Å². The Bertz CT molecular complexity index is 743. The predicted molar refractivity (Wildman–Crippen MR) is 66.9 cm³/mol. The Hall–Kier alpha value is -2.90. The maximum absolute atomic E-state index is 11.3. The molecule has 0 saturated heterocycles. The van der Waals surface area contributed by atoms with Gasteiger partial charge in [0, 0.05) is 12.3 Å². The summed E-state index contributed by atoms with van der Waals surface area (Å²) in [6, 6.07) is 2.42. The van der Waals surface area contributed by atoms with Gasteiger partial charge in [-0.05, 0) is 13.0 Å². The van der Waals surface area contributed by atoms with Gasteiger partial charge in [0.2, 0.25) is 0 Å². The van der Waals surface area contributed by atoms with E-state index in [1.54, 1.807) is 0 Å². The van der Waals surface area contributed by atoms with Crippen LogP contribution in [-0.2, 0) is 6.54 Å². The molecule has 2 aromatic rings. The maximum Gasteiger partial charge on any atom is 0.339 e. The SMILES string of the molecule is Cc1oc(Cn2ccc(=O)c([N+](=O)[O-])c2)cc1C(=O)O. The molecule has 104 valence electrons. The van der Waals surface area contributed by atoms with E-state index in [2.05, 4.69) is 0 Å². The van der Waals surface area contributed by atoms with Crippen LogP contribution in [0.2, 0.25) is 0 Å². The zero-order valence-corrected chi connectivity index (χ0v) is 10.4. The van der Waals surface area contributed by atoms with Gasteiger partial charge in [0.15, 0.2) is 0 Å². The van der Waals surface area contributed by atoms with Gasteiger partial charge in [-0.25, -0.2) is 4.79 Å². The molecular weight excluding hydrogens is 268 g/mol. The van der Waals surface area contributed by atoms with Crippen molar-refractivity contribution in [3.05, 3.63) is 61.9 Å². The highest BCUT2D eigenvalue weighted by Crippen LogP contribution is 2.16. The van der Waals surface area contributed by atoms with Crippen molar-refractivity contribution in [2.75, 3.05) is 0 Å². The second-order valence-electron chi connectivity index (χ2n) is 4.11. The normalized spacial score (nSPS) is 10.4. The highest BCUT2D eigenvalue weighted by atomic mass is 16.6. The third kappa shape index (κ3) is 2.58. The number of hydrogen-bond donors (Lipinski definition) is 1. The van der Waals surface area contributed by atoms with Gasteiger partial charge in [-0.1, -0.05) is 0 Å². The van der Waals surface area contributed by atoms with Crippen LogP contribution in [0.3, 0.4) is 0 Å². The van der Waals surface area contributed by atoms with E-state index >= 15 is 0 Å². The summed E-state index contributed by atoms with van der Waals surface area (Å²) in [5, 5.41) is 19.6. The molecule has 1 N–H and O–H groups in total. The summed E-state index contributed by atoms with van der Waals surface area (Å²) in [6.07, 6.45) is 2.45. The molecule has 8 nitrogen and oxygen atoms in total. The number of carbonyl (C=O) groups is 1. The number of pyridine rings is 1. The predicted octanol–water partition coefficient (Wildman–Crippen LogP) is 1.40. The van der Waals surface area contributed by atoms with Gasteiger partial charge in [0.05, 0.1) is 17.7 Å². The summed E-state index contributed by atoms with van der Waals surface area (Å²) in [6.45, 7) is 1.61. The van der Waals surface area contributed by atoms with E-state index in [1.165, 1.54) is 23.8 Å². The highest BCUT2D eigenvalue weighted by molar-refractivity contribution is 5.88. The van der Waals surface area contributed by atoms with E-state index in [9.17, 15) is 19.7 Å². The van der Waals surface area contributed by atoms with Crippen LogP contribution >= 0.6 is 0 Å². The Balaban J connectivity index is 2.33. The molecule has 0 atom stereocenters. The van der Waals surface area contributed by atoms with Crippen LogP contribution in [-0.4, -0.2) is 20.6 Å². The van der Waals surface area contributed by atoms with Crippen LogP contribution in [0.4, 0.5) is 5.69 Å². The number of carboxylic acid groups (broad SMARTS) is 1. The quantitative estimate of drug-likeness (QED) is 0.667. The fourth-order valence-corrected chi connectivity index (χ4v) is 1.76. The number of furan rings is 1. The van der Waals surface area contributed by atoms with Crippen LogP contribution in [0, 0.1) is 17.0 Å². The minimum Gasteiger partial charge on any atom is -0.478 e. The van der Waals surface area contributed by atoms with Crippen molar-refractivity contribution in [1.29, 1.82) is 0 Å². The summed E-state index contributed by atoms with van der Waals surface area (Å²) in [7, 11) is 0. The minimum absolute atomic E-state index is 0.0375. The molecule has 0 bridgehead atoms. The zero-order chi connectivity index (χ0) is 14.9. The lowest BCUT2D eigenvalue weighted by atomic mass is 10.2. The first-order valence-corrected chi connectivity index (χ1v) is 5.55. The number of aromatic nitrogens is 1. The van der Waals surface area contributed by atoms with Crippen LogP contribution in [0.15, 0.2) is 33.7 Å². The first-order valence-electron chi connectivity index (χ1n) is 5.55. The molecule has 0 unspecified atom stereocenters. The Labute approximate surface area is 112 Å². The Kier molecular flexibility index (Phi) is 3.38. The van der Waals surface area contributed by atoms with Gasteiger partial charge in [0.25, 0.3) is 5.43 Å². The monoisotopic (exact) mass is 278 g/mol. The molecule has 0 saturated carbocycles. The molecule has 2 rings (SSSR count). The smallest absolute Gasteiger partial charge is 0.339 e. The first-order chi connectivity index (χ1) is 9.38. The maximum atomic E-state index is 11.3. The molecule has 0 aliphatic rings. The van der Waals surface area contributed by atoms with E-state index in [1.807, 2.05) is 0 Å². The topological polar surface area (TPSA) is 116 Å². The summed E-state index contributed by atoms with van der Waals surface area (Å²) in [4.78, 5) is 32.0. The average molecular weight is 278 g/mol. The summed E-state index contributed by atoms with van der Waals surface area (Å²) in [5.74, 6) is -0.524. The molecule has 0 fully saturated rings. The lowest BCUT2D eigenvalue weighted by Gasteiger charge is -2.02. The molecule has 2 heterocycles. The van der Waals surface area contributed by atoms with Gasteiger partial charge >= 0.3 is 11.7 Å². The number of rotatable bonds is 4. The third-order valence-corrected chi connectivity index (χ3v) is 2.69. The van der Waals surface area contributed by atoms with Crippen LogP contribution < -0.4 is 5.43 Å². The molecular formula is C12H10N2O6. The van der Waals surface area contributed by atoms with Crippen molar-refractivity contribution < 1.29 is 19.2 Å². The average Bonchev–Trinajstić information content (AvgIpc) is 2.72. The molecule has 0 spiro atoms. The molecule has 0 aliphatic carbocycles. The molecule has 0 radical (unpaired) electrons. The molecule has 0 aromatic carbocycles. The fraction of sp³-hybridized carbons (Fsp3) is 0.167. The number of aryl methyl sites for hydroxylation is 1. The van der Waals surface area contributed by atoms with Crippen molar-refractivity contribution >= 4 is 11.7 Å². The number of nitrogens with zero attached hydrogens (tertiary/aromatic N) is 2. The molecule has 20 heavy (non-hydrogen) atoms. The van der Waals surface area contributed by atoms with Gasteiger partial charge in [0.1, 0.15) is 17.1 Å². The number of nitro groups is 1. The molecule has 2 aromatic heterocycles. The third-order valence-electron chi connectivity index (χ3n) is 2.69. The first kappa shape index (κ1) is 13.5. The van der Waals surface area contributed by atoms with Crippen LogP contribution in [0.25, 0.3) is 0 Å². The molecule has 0 aliphatic heterocycles. The Morgan fingerprint density at radius 2 is 2.25 bits per heavy atom. The second kappa shape index (κ2) is 5.00. The Morgan fingerprint density at radius 3 is 2.80 bits per heavy atom. The lowest BCUT2D eigenvalue weighted by Crippen LogP contribution is -2.11. The summed E-state index contributed by atoms with van der Waals surface area (Å²) in [5.41, 5.74) is -1.20. The number of carboxylic acids is 1. The fourth-order valence-electron chi connectivity index (χ4n) is 1.76. The number of aromatic carboxylic acids is 1. The largest absolute Gasteiger partial charge is 0.478 e. The van der Waals surface area contributed by atoms with E-state index in [-0.39, 0.29) is 17.9 Å². The van der Waals surface area contributed by atoms with Crippen molar-refractivity contribution in [2.45, 2.75) is 13.5 Å². The van der Waals surface area contributed by atoms with Crippen LogP contribution in [0.1, 0.15) is 21.9 Å². The molecule has 8 heteroatoms. The van der Waals surface area contributed by atoms with Crippen molar-refractivity contribution in [1.82, 2.24) is 4.57 Å². The van der Waals surface area contributed by atoms with Gasteiger partial charge in [-0.3, -0.25) is 14.9 Å². The molecule has 0 amide bonds. The van der Waals surface area contributed by atoms with Crippen molar-refractivity contribution in [3.63, 3.8) is 0 Å². The van der Waals surface area contributed by atoms with E-state index in [4.69, 9.17) is 9.52 Å². The van der Waals surface area contributed by atoms with Gasteiger partial charge in [-0.15, -0.1) is 0 Å². The highest BCUT2D eigenvalue weighted by Gasteiger charge is 2.15. The van der Waals surface area contributed by atoms with Crippen LogP contribution in [0.5, 0.6) is 0 Å².